The number of amides is 1. The molecule has 0 spiro atoms. The highest BCUT2D eigenvalue weighted by Crippen LogP contribution is 2.28. The first kappa shape index (κ1) is 13.7. The van der Waals surface area contributed by atoms with Gasteiger partial charge in [-0.15, -0.1) is 0 Å². The number of nitrogens with two attached hydrogens (primary N) is 1. The maximum absolute atomic E-state index is 11.8. The first-order valence-electron chi connectivity index (χ1n) is 6.07. The molecule has 5 heteroatoms. The molecule has 1 amide bonds. The highest BCUT2D eigenvalue weighted by Gasteiger charge is 2.12. The van der Waals surface area contributed by atoms with Crippen molar-refractivity contribution >= 4 is 11.6 Å². The lowest BCUT2D eigenvalue weighted by Gasteiger charge is -2.11. The summed E-state index contributed by atoms with van der Waals surface area (Å²) in [4.78, 5) is 11.8. The molecule has 0 radical (unpaired) electrons. The summed E-state index contributed by atoms with van der Waals surface area (Å²) in [7, 11) is 3.16. The zero-order valence-corrected chi connectivity index (χ0v) is 11.3. The molecule has 0 unspecified atom stereocenters. The molecule has 20 heavy (non-hydrogen) atoms. The average molecular weight is 272 g/mol. The third kappa shape index (κ3) is 3.00. The van der Waals surface area contributed by atoms with Crippen LogP contribution in [-0.2, 0) is 0 Å². The van der Waals surface area contributed by atoms with E-state index in [2.05, 4.69) is 5.32 Å². The van der Waals surface area contributed by atoms with E-state index in [-0.39, 0.29) is 5.91 Å². The van der Waals surface area contributed by atoms with Crippen molar-refractivity contribution < 1.29 is 14.3 Å². The van der Waals surface area contributed by atoms with Gasteiger partial charge in [-0.3, -0.25) is 4.79 Å². The molecule has 0 aliphatic heterocycles. The standard InChI is InChI=1S/C15H16N2O3/c1-17-15(18)13-8-3-10(16)9-14(13)20-12-6-4-11(19-2)5-7-12/h3-9H,16H2,1-2H3,(H,17,18). The van der Waals surface area contributed by atoms with Gasteiger partial charge in [0.2, 0.25) is 0 Å². The summed E-state index contributed by atoms with van der Waals surface area (Å²) in [6, 6.07) is 12.0. The van der Waals surface area contributed by atoms with E-state index in [9.17, 15) is 4.79 Å². The predicted octanol–water partition coefficient (Wildman–Crippen LogP) is 2.43. The van der Waals surface area contributed by atoms with Crippen LogP contribution < -0.4 is 20.5 Å². The van der Waals surface area contributed by atoms with Crippen molar-refractivity contribution in [1.82, 2.24) is 5.32 Å². The van der Waals surface area contributed by atoms with Gasteiger partial charge in [0.1, 0.15) is 17.2 Å². The van der Waals surface area contributed by atoms with Crippen LogP contribution in [0.5, 0.6) is 17.2 Å². The summed E-state index contributed by atoms with van der Waals surface area (Å²) in [5.74, 6) is 1.51. The maximum atomic E-state index is 11.8. The number of ether oxygens (including phenoxy) is 2. The van der Waals surface area contributed by atoms with Crippen LogP contribution in [0.25, 0.3) is 0 Å². The summed E-state index contributed by atoms with van der Waals surface area (Å²) in [6.07, 6.45) is 0. The van der Waals surface area contributed by atoms with Crippen LogP contribution in [0.1, 0.15) is 10.4 Å². The Balaban J connectivity index is 2.31. The van der Waals surface area contributed by atoms with Gasteiger partial charge >= 0.3 is 0 Å². The molecule has 2 aromatic rings. The molecule has 0 heterocycles. The minimum absolute atomic E-state index is 0.228. The van der Waals surface area contributed by atoms with Crippen LogP contribution in [0.4, 0.5) is 5.69 Å². The normalized spacial score (nSPS) is 9.90. The maximum Gasteiger partial charge on any atom is 0.254 e. The summed E-state index contributed by atoms with van der Waals surface area (Å²) >= 11 is 0. The Morgan fingerprint density at radius 2 is 1.75 bits per heavy atom. The molecule has 0 fully saturated rings. The molecular formula is C15H16N2O3. The van der Waals surface area contributed by atoms with Crippen molar-refractivity contribution in [3.05, 3.63) is 48.0 Å². The van der Waals surface area contributed by atoms with E-state index in [0.29, 0.717) is 22.7 Å². The van der Waals surface area contributed by atoms with Crippen molar-refractivity contribution in [1.29, 1.82) is 0 Å². The van der Waals surface area contributed by atoms with E-state index in [1.165, 1.54) is 0 Å². The van der Waals surface area contributed by atoms with Crippen molar-refractivity contribution in [2.75, 3.05) is 19.9 Å². The second kappa shape index (κ2) is 5.97. The van der Waals surface area contributed by atoms with Crippen LogP contribution in [0.15, 0.2) is 42.5 Å². The van der Waals surface area contributed by atoms with E-state index < -0.39 is 0 Å². The Morgan fingerprint density at radius 1 is 1.10 bits per heavy atom. The average Bonchev–Trinajstić information content (AvgIpc) is 2.47. The predicted molar refractivity (Wildman–Crippen MR) is 77.3 cm³/mol. The molecule has 2 aromatic carbocycles. The Labute approximate surface area is 117 Å². The Morgan fingerprint density at radius 3 is 2.35 bits per heavy atom. The van der Waals surface area contributed by atoms with Gasteiger partial charge in [0.05, 0.1) is 12.7 Å². The largest absolute Gasteiger partial charge is 0.497 e. The van der Waals surface area contributed by atoms with Gasteiger partial charge in [0.15, 0.2) is 0 Å². The molecule has 3 N–H and O–H groups in total. The van der Waals surface area contributed by atoms with Gasteiger partial charge < -0.3 is 20.5 Å². The lowest BCUT2D eigenvalue weighted by molar-refractivity contribution is 0.0961. The molecule has 0 bridgehead atoms. The highest BCUT2D eigenvalue weighted by atomic mass is 16.5. The van der Waals surface area contributed by atoms with Crippen molar-refractivity contribution in [2.24, 2.45) is 0 Å². The Bertz CT molecular complexity index is 609. The smallest absolute Gasteiger partial charge is 0.254 e. The fourth-order valence-corrected chi connectivity index (χ4v) is 1.72. The van der Waals surface area contributed by atoms with E-state index in [1.54, 1.807) is 56.6 Å². The highest BCUT2D eigenvalue weighted by molar-refractivity contribution is 5.97. The molecule has 2 rings (SSSR count). The van der Waals surface area contributed by atoms with Gasteiger partial charge in [-0.05, 0) is 36.4 Å². The third-order valence-corrected chi connectivity index (χ3v) is 2.76. The van der Waals surface area contributed by atoms with Crippen LogP contribution in [-0.4, -0.2) is 20.1 Å². The van der Waals surface area contributed by atoms with Crippen molar-refractivity contribution in [3.63, 3.8) is 0 Å². The number of hydrogen-bond acceptors (Lipinski definition) is 4. The summed E-state index contributed by atoms with van der Waals surface area (Å²) < 4.78 is 10.8. The number of carbonyl (C=O) groups excluding carboxylic acids is 1. The van der Waals surface area contributed by atoms with E-state index in [0.717, 1.165) is 5.75 Å². The van der Waals surface area contributed by atoms with Crippen molar-refractivity contribution in [2.45, 2.75) is 0 Å². The van der Waals surface area contributed by atoms with Crippen molar-refractivity contribution in [3.8, 4) is 17.2 Å². The van der Waals surface area contributed by atoms with Gasteiger partial charge in [-0.2, -0.15) is 0 Å². The van der Waals surface area contributed by atoms with E-state index >= 15 is 0 Å². The van der Waals surface area contributed by atoms with Crippen LogP contribution in [0.3, 0.4) is 0 Å². The zero-order valence-electron chi connectivity index (χ0n) is 11.3. The van der Waals surface area contributed by atoms with Crippen LogP contribution in [0, 0.1) is 0 Å². The van der Waals surface area contributed by atoms with Gasteiger partial charge in [-0.1, -0.05) is 0 Å². The molecule has 0 saturated heterocycles. The number of nitrogen functional groups attached to an aromatic ring is 1. The number of anilines is 1. The molecule has 0 atom stereocenters. The SMILES string of the molecule is CNC(=O)c1ccc(N)cc1Oc1ccc(OC)cc1. The quantitative estimate of drug-likeness (QED) is 0.838. The number of benzene rings is 2. The number of rotatable bonds is 4. The summed E-state index contributed by atoms with van der Waals surface area (Å²) in [5, 5.41) is 2.57. The van der Waals surface area contributed by atoms with E-state index in [4.69, 9.17) is 15.2 Å². The van der Waals surface area contributed by atoms with Crippen LogP contribution in [0.2, 0.25) is 0 Å². The van der Waals surface area contributed by atoms with Gasteiger partial charge in [0.25, 0.3) is 5.91 Å². The van der Waals surface area contributed by atoms with E-state index in [1.807, 2.05) is 0 Å². The number of carbonyl (C=O) groups is 1. The molecule has 0 saturated carbocycles. The molecule has 0 aliphatic carbocycles. The third-order valence-electron chi connectivity index (χ3n) is 2.76. The molecule has 0 aliphatic rings. The fourth-order valence-electron chi connectivity index (χ4n) is 1.72. The Hall–Kier alpha value is -2.69. The van der Waals surface area contributed by atoms with Gasteiger partial charge in [-0.25, -0.2) is 0 Å². The topological polar surface area (TPSA) is 73.6 Å². The van der Waals surface area contributed by atoms with Gasteiger partial charge in [0, 0.05) is 18.8 Å². The number of nitrogens with one attached hydrogen (secondary N) is 1. The number of hydrogen-bond donors (Lipinski definition) is 2. The second-order valence-corrected chi connectivity index (χ2v) is 4.11. The number of methoxy groups -OCH3 is 1. The molecule has 104 valence electrons. The lowest BCUT2D eigenvalue weighted by Crippen LogP contribution is -2.18. The first-order chi connectivity index (χ1) is 9.63. The summed E-state index contributed by atoms with van der Waals surface area (Å²) in [6.45, 7) is 0. The summed E-state index contributed by atoms with van der Waals surface area (Å²) in [5.41, 5.74) is 6.69. The molecule has 0 aromatic heterocycles. The minimum atomic E-state index is -0.228. The Kier molecular flexibility index (Phi) is 4.10. The molecular weight excluding hydrogens is 256 g/mol. The fraction of sp³-hybridized carbons (Fsp3) is 0.133. The lowest BCUT2D eigenvalue weighted by atomic mass is 10.1. The first-order valence-corrected chi connectivity index (χ1v) is 6.07. The minimum Gasteiger partial charge on any atom is -0.497 e. The van der Waals surface area contributed by atoms with Crippen LogP contribution >= 0.6 is 0 Å². The molecule has 5 nitrogen and oxygen atoms in total. The monoisotopic (exact) mass is 272 g/mol. The zero-order chi connectivity index (χ0) is 14.5. The second-order valence-electron chi connectivity index (χ2n) is 4.11.